The molecule has 2 unspecified atom stereocenters. The first-order chi connectivity index (χ1) is 9.88. The summed E-state index contributed by atoms with van der Waals surface area (Å²) < 4.78 is 5.91. The van der Waals surface area contributed by atoms with Crippen molar-refractivity contribution in [1.82, 2.24) is 5.32 Å². The molecule has 2 aromatic carbocycles. The predicted octanol–water partition coefficient (Wildman–Crippen LogP) is 3.65. The summed E-state index contributed by atoms with van der Waals surface area (Å²) in [5.41, 5.74) is 3.82. The van der Waals surface area contributed by atoms with Crippen molar-refractivity contribution in [2.24, 2.45) is 5.92 Å². The molecule has 1 aliphatic rings. The summed E-state index contributed by atoms with van der Waals surface area (Å²) in [4.78, 5) is 0. The standard InChI is InChI=1S/C18H21NO/c1-19-13-17-11-12-20-18(17)16-9-7-15(8-10-16)14-5-3-2-4-6-14/h2-10,17-19H,11-13H2,1H3. The van der Waals surface area contributed by atoms with Crippen LogP contribution in [0.15, 0.2) is 54.6 Å². The van der Waals surface area contributed by atoms with Gasteiger partial charge in [-0.2, -0.15) is 0 Å². The third-order valence-electron chi connectivity index (χ3n) is 4.03. The van der Waals surface area contributed by atoms with Crippen LogP contribution in [0.1, 0.15) is 18.1 Å². The fourth-order valence-corrected chi connectivity index (χ4v) is 2.97. The lowest BCUT2D eigenvalue weighted by atomic mass is 9.94. The Morgan fingerprint density at radius 1 is 1.00 bits per heavy atom. The molecule has 1 aliphatic heterocycles. The van der Waals surface area contributed by atoms with Gasteiger partial charge in [0.1, 0.15) is 0 Å². The van der Waals surface area contributed by atoms with Gasteiger partial charge in [-0.1, -0.05) is 54.6 Å². The predicted molar refractivity (Wildman–Crippen MR) is 82.6 cm³/mol. The van der Waals surface area contributed by atoms with Gasteiger partial charge in [0.2, 0.25) is 0 Å². The maximum atomic E-state index is 5.91. The quantitative estimate of drug-likeness (QED) is 0.913. The van der Waals surface area contributed by atoms with E-state index in [4.69, 9.17) is 4.74 Å². The lowest BCUT2D eigenvalue weighted by Crippen LogP contribution is -2.21. The highest BCUT2D eigenvalue weighted by atomic mass is 16.5. The van der Waals surface area contributed by atoms with E-state index >= 15 is 0 Å². The molecule has 2 heteroatoms. The summed E-state index contributed by atoms with van der Waals surface area (Å²) in [5, 5.41) is 3.27. The molecular formula is C18H21NO. The van der Waals surface area contributed by atoms with Crippen molar-refractivity contribution >= 4 is 0 Å². The van der Waals surface area contributed by atoms with E-state index in [0.717, 1.165) is 19.6 Å². The Kier molecular flexibility index (Phi) is 4.14. The number of hydrogen-bond acceptors (Lipinski definition) is 2. The fourth-order valence-electron chi connectivity index (χ4n) is 2.97. The minimum Gasteiger partial charge on any atom is -0.373 e. The van der Waals surface area contributed by atoms with E-state index in [-0.39, 0.29) is 6.10 Å². The van der Waals surface area contributed by atoms with Crippen LogP contribution in [0.2, 0.25) is 0 Å². The molecule has 0 aliphatic carbocycles. The molecular weight excluding hydrogens is 246 g/mol. The first-order valence-corrected chi connectivity index (χ1v) is 7.30. The van der Waals surface area contributed by atoms with Gasteiger partial charge in [-0.3, -0.25) is 0 Å². The van der Waals surface area contributed by atoms with E-state index < -0.39 is 0 Å². The van der Waals surface area contributed by atoms with Crippen LogP contribution in [0.4, 0.5) is 0 Å². The highest BCUT2D eigenvalue weighted by Gasteiger charge is 2.28. The average molecular weight is 267 g/mol. The summed E-state index contributed by atoms with van der Waals surface area (Å²) in [6.45, 7) is 1.89. The van der Waals surface area contributed by atoms with Crippen molar-refractivity contribution in [1.29, 1.82) is 0 Å². The molecule has 20 heavy (non-hydrogen) atoms. The highest BCUT2D eigenvalue weighted by Crippen LogP contribution is 2.34. The van der Waals surface area contributed by atoms with Crippen molar-refractivity contribution in [2.45, 2.75) is 12.5 Å². The van der Waals surface area contributed by atoms with Crippen molar-refractivity contribution in [3.8, 4) is 11.1 Å². The summed E-state index contributed by atoms with van der Waals surface area (Å²) in [5.74, 6) is 0.586. The van der Waals surface area contributed by atoms with Gasteiger partial charge in [0.25, 0.3) is 0 Å². The second kappa shape index (κ2) is 6.21. The van der Waals surface area contributed by atoms with E-state index in [1.54, 1.807) is 0 Å². The summed E-state index contributed by atoms with van der Waals surface area (Å²) in [6, 6.07) is 19.3. The van der Waals surface area contributed by atoms with Gasteiger partial charge >= 0.3 is 0 Å². The number of hydrogen-bond donors (Lipinski definition) is 1. The lowest BCUT2D eigenvalue weighted by Gasteiger charge is -2.18. The van der Waals surface area contributed by atoms with E-state index in [9.17, 15) is 0 Å². The first-order valence-electron chi connectivity index (χ1n) is 7.30. The van der Waals surface area contributed by atoms with Gasteiger partial charge < -0.3 is 10.1 Å². The molecule has 1 N–H and O–H groups in total. The molecule has 0 saturated carbocycles. The van der Waals surface area contributed by atoms with Crippen molar-refractivity contribution in [3.63, 3.8) is 0 Å². The van der Waals surface area contributed by atoms with Crippen molar-refractivity contribution in [2.75, 3.05) is 20.2 Å². The van der Waals surface area contributed by atoms with Crippen LogP contribution in [0.3, 0.4) is 0 Å². The largest absolute Gasteiger partial charge is 0.373 e. The third-order valence-corrected chi connectivity index (χ3v) is 4.03. The van der Waals surface area contributed by atoms with E-state index in [1.807, 2.05) is 13.1 Å². The summed E-state index contributed by atoms with van der Waals surface area (Å²) >= 11 is 0. The Hall–Kier alpha value is -1.64. The summed E-state index contributed by atoms with van der Waals surface area (Å²) in [6.07, 6.45) is 1.39. The maximum Gasteiger partial charge on any atom is 0.0866 e. The molecule has 0 amide bonds. The van der Waals surface area contributed by atoms with Crippen molar-refractivity contribution < 1.29 is 4.74 Å². The van der Waals surface area contributed by atoms with Gasteiger partial charge in [0, 0.05) is 19.1 Å². The fraction of sp³-hybridized carbons (Fsp3) is 0.333. The van der Waals surface area contributed by atoms with Crippen LogP contribution in [0.25, 0.3) is 11.1 Å². The zero-order valence-electron chi connectivity index (χ0n) is 11.9. The third kappa shape index (κ3) is 2.77. The minimum atomic E-state index is 0.243. The van der Waals surface area contributed by atoms with Crippen LogP contribution >= 0.6 is 0 Å². The number of ether oxygens (including phenoxy) is 1. The van der Waals surface area contributed by atoms with Crippen LogP contribution in [0.5, 0.6) is 0 Å². The lowest BCUT2D eigenvalue weighted by molar-refractivity contribution is 0.0910. The van der Waals surface area contributed by atoms with Crippen LogP contribution in [0, 0.1) is 5.92 Å². The Morgan fingerprint density at radius 3 is 2.40 bits per heavy atom. The van der Waals surface area contributed by atoms with Crippen LogP contribution in [-0.4, -0.2) is 20.2 Å². The molecule has 0 bridgehead atoms. The van der Waals surface area contributed by atoms with E-state index in [2.05, 4.69) is 53.8 Å². The Balaban J connectivity index is 1.79. The number of rotatable bonds is 4. The molecule has 1 saturated heterocycles. The Morgan fingerprint density at radius 2 is 1.70 bits per heavy atom. The molecule has 104 valence electrons. The van der Waals surface area contributed by atoms with Crippen LogP contribution in [-0.2, 0) is 4.74 Å². The number of benzene rings is 2. The zero-order valence-corrected chi connectivity index (χ0v) is 11.9. The molecule has 3 rings (SSSR count). The zero-order chi connectivity index (χ0) is 13.8. The topological polar surface area (TPSA) is 21.3 Å². The van der Waals surface area contributed by atoms with Crippen molar-refractivity contribution in [3.05, 3.63) is 60.2 Å². The molecule has 0 spiro atoms. The monoisotopic (exact) mass is 267 g/mol. The van der Waals surface area contributed by atoms with Crippen LogP contribution < -0.4 is 5.32 Å². The van der Waals surface area contributed by atoms with Gasteiger partial charge in [-0.15, -0.1) is 0 Å². The Bertz CT molecular complexity index is 535. The molecule has 1 fully saturated rings. The molecule has 0 aromatic heterocycles. The normalized spacial score (nSPS) is 22.1. The SMILES string of the molecule is CNCC1CCOC1c1ccc(-c2ccccc2)cc1. The average Bonchev–Trinajstić information content (AvgIpc) is 2.97. The van der Waals surface area contributed by atoms with Gasteiger partial charge in [-0.05, 0) is 30.2 Å². The van der Waals surface area contributed by atoms with E-state index in [1.165, 1.54) is 16.7 Å². The second-order valence-corrected chi connectivity index (χ2v) is 5.39. The van der Waals surface area contributed by atoms with Gasteiger partial charge in [-0.25, -0.2) is 0 Å². The first kappa shape index (κ1) is 13.3. The number of nitrogens with one attached hydrogen (secondary N) is 1. The summed E-state index contributed by atoms with van der Waals surface area (Å²) in [7, 11) is 2.01. The second-order valence-electron chi connectivity index (χ2n) is 5.39. The molecule has 2 atom stereocenters. The van der Waals surface area contributed by atoms with E-state index in [0.29, 0.717) is 5.92 Å². The Labute approximate surface area is 120 Å². The maximum absolute atomic E-state index is 5.91. The molecule has 2 aromatic rings. The van der Waals surface area contributed by atoms with Gasteiger partial charge in [0.05, 0.1) is 6.10 Å². The van der Waals surface area contributed by atoms with Gasteiger partial charge in [0.15, 0.2) is 0 Å². The highest BCUT2D eigenvalue weighted by molar-refractivity contribution is 5.63. The molecule has 1 heterocycles. The molecule has 2 nitrogen and oxygen atoms in total. The minimum absolute atomic E-state index is 0.243. The molecule has 0 radical (unpaired) electrons. The smallest absolute Gasteiger partial charge is 0.0866 e.